The van der Waals surface area contributed by atoms with Crippen LogP contribution in [0.25, 0.3) is 0 Å². The average Bonchev–Trinajstić information content (AvgIpc) is 3.09. The summed E-state index contributed by atoms with van der Waals surface area (Å²) in [5.74, 6) is 6.59. The molecule has 0 amide bonds. The maximum absolute atomic E-state index is 12.8. The van der Waals surface area contributed by atoms with Crippen molar-refractivity contribution in [2.75, 3.05) is 13.2 Å². The van der Waals surface area contributed by atoms with Gasteiger partial charge < -0.3 is 18.9 Å². The van der Waals surface area contributed by atoms with Crippen molar-refractivity contribution in [3.8, 4) is 47.7 Å². The topological polar surface area (TPSA) is 54.0 Å². The lowest BCUT2D eigenvalue weighted by Gasteiger charge is -2.36. The summed E-state index contributed by atoms with van der Waals surface area (Å²) in [6, 6.07) is 18.1. The van der Waals surface area contributed by atoms with Crippen LogP contribution in [0.15, 0.2) is 60.7 Å². The van der Waals surface area contributed by atoms with Gasteiger partial charge >= 0.3 is 5.97 Å². The first-order valence-corrected chi connectivity index (χ1v) is 9.59. The van der Waals surface area contributed by atoms with Crippen LogP contribution in [0, 0.1) is 24.7 Å². The van der Waals surface area contributed by atoms with Gasteiger partial charge in [-0.15, -0.1) is 12.8 Å². The molecule has 0 saturated carbocycles. The second-order valence-electron chi connectivity index (χ2n) is 7.02. The molecule has 5 heteroatoms. The van der Waals surface area contributed by atoms with Gasteiger partial charge in [-0.3, -0.25) is 0 Å². The molecule has 0 radical (unpaired) electrons. The Morgan fingerprint density at radius 3 is 1.97 bits per heavy atom. The predicted octanol–water partition coefficient (Wildman–Crippen LogP) is 4.28. The van der Waals surface area contributed by atoms with E-state index in [1.165, 1.54) is 0 Å². The van der Waals surface area contributed by atoms with Crippen LogP contribution >= 0.6 is 0 Å². The molecule has 0 fully saturated rings. The molecule has 150 valence electrons. The third kappa shape index (κ3) is 2.79. The molecule has 0 aliphatic carbocycles. The zero-order valence-electron chi connectivity index (χ0n) is 16.4. The van der Waals surface area contributed by atoms with Crippen molar-refractivity contribution in [2.45, 2.75) is 5.60 Å². The van der Waals surface area contributed by atoms with Crippen molar-refractivity contribution < 1.29 is 23.7 Å². The maximum Gasteiger partial charge on any atom is 0.340 e. The smallest absolute Gasteiger partial charge is 0.340 e. The lowest BCUT2D eigenvalue weighted by Crippen LogP contribution is -2.33. The van der Waals surface area contributed by atoms with E-state index in [1.54, 1.807) is 30.3 Å². The van der Waals surface area contributed by atoms with Crippen LogP contribution in [-0.2, 0) is 10.3 Å². The molecule has 3 aromatic carbocycles. The number of terminal acetylenes is 2. The molecular formula is C26H16O5. The number of benzene rings is 3. The van der Waals surface area contributed by atoms with E-state index in [1.807, 2.05) is 30.3 Å². The molecule has 0 unspecified atom stereocenters. The summed E-state index contributed by atoms with van der Waals surface area (Å²) in [6.45, 7) is 0.255. The minimum Gasteiger partial charge on any atom is -0.481 e. The van der Waals surface area contributed by atoms with Crippen LogP contribution in [0.4, 0.5) is 0 Å². The van der Waals surface area contributed by atoms with Crippen molar-refractivity contribution in [3.05, 3.63) is 82.9 Å². The SMILES string of the molecule is C#CCOc1ccc2c(c1)Oc1cc(OCC#C)ccc1C21OC(=O)c2ccccc21. The van der Waals surface area contributed by atoms with Gasteiger partial charge in [0.05, 0.1) is 5.56 Å². The highest BCUT2D eigenvalue weighted by Gasteiger charge is 2.53. The fourth-order valence-electron chi connectivity index (χ4n) is 4.07. The highest BCUT2D eigenvalue weighted by Crippen LogP contribution is 2.56. The van der Waals surface area contributed by atoms with Gasteiger partial charge in [0, 0.05) is 28.8 Å². The standard InChI is InChI=1S/C26H16O5/c1-3-13-28-17-9-11-21-23(15-17)30-24-16-18(29-14-4-2)10-12-22(24)26(21)20-8-6-5-7-19(20)25(27)31-26/h1-2,5-12,15-16H,13-14H2. The van der Waals surface area contributed by atoms with Crippen LogP contribution < -0.4 is 14.2 Å². The van der Waals surface area contributed by atoms with Crippen molar-refractivity contribution >= 4 is 5.97 Å². The van der Waals surface area contributed by atoms with E-state index < -0.39 is 11.6 Å². The summed E-state index contributed by atoms with van der Waals surface area (Å²) in [5, 5.41) is 0. The molecule has 0 aromatic heterocycles. The van der Waals surface area contributed by atoms with Crippen LogP contribution in [0.1, 0.15) is 27.0 Å². The van der Waals surface area contributed by atoms with E-state index in [0.717, 1.165) is 5.56 Å². The molecule has 0 bridgehead atoms. The number of carbonyl (C=O) groups excluding carboxylic acids is 1. The van der Waals surface area contributed by atoms with Crippen LogP contribution in [-0.4, -0.2) is 19.2 Å². The molecule has 31 heavy (non-hydrogen) atoms. The van der Waals surface area contributed by atoms with Gasteiger partial charge in [0.2, 0.25) is 0 Å². The first kappa shape index (κ1) is 18.7. The van der Waals surface area contributed by atoms with Gasteiger partial charge in [-0.2, -0.15) is 0 Å². The molecule has 2 heterocycles. The number of hydrogen-bond donors (Lipinski definition) is 0. The Morgan fingerprint density at radius 1 is 0.806 bits per heavy atom. The van der Waals surface area contributed by atoms with Gasteiger partial charge in [-0.1, -0.05) is 30.0 Å². The van der Waals surface area contributed by atoms with E-state index in [0.29, 0.717) is 39.7 Å². The molecule has 3 aromatic rings. The summed E-state index contributed by atoms with van der Waals surface area (Å²) in [4.78, 5) is 12.8. The number of hydrogen-bond acceptors (Lipinski definition) is 5. The molecule has 5 rings (SSSR count). The quantitative estimate of drug-likeness (QED) is 0.477. The first-order valence-electron chi connectivity index (χ1n) is 9.59. The summed E-state index contributed by atoms with van der Waals surface area (Å²) >= 11 is 0. The largest absolute Gasteiger partial charge is 0.481 e. The van der Waals surface area contributed by atoms with Gasteiger partial charge in [0.25, 0.3) is 0 Å². The zero-order valence-corrected chi connectivity index (χ0v) is 16.4. The van der Waals surface area contributed by atoms with Gasteiger partial charge in [0.15, 0.2) is 5.60 Å². The molecule has 2 aliphatic rings. The highest BCUT2D eigenvalue weighted by molar-refractivity contribution is 5.97. The number of ether oxygens (including phenoxy) is 4. The summed E-state index contributed by atoms with van der Waals surface area (Å²) < 4.78 is 23.4. The van der Waals surface area contributed by atoms with Gasteiger partial charge in [-0.25, -0.2) is 4.79 Å². The normalized spacial score (nSPS) is 14.2. The second kappa shape index (κ2) is 7.16. The average molecular weight is 408 g/mol. The van der Waals surface area contributed by atoms with Crippen molar-refractivity contribution in [1.82, 2.24) is 0 Å². The highest BCUT2D eigenvalue weighted by atomic mass is 16.6. The summed E-state index contributed by atoms with van der Waals surface area (Å²) in [6.07, 6.45) is 10.6. The van der Waals surface area contributed by atoms with E-state index in [9.17, 15) is 4.79 Å². The van der Waals surface area contributed by atoms with Crippen LogP contribution in [0.3, 0.4) is 0 Å². The fraction of sp³-hybridized carbons (Fsp3) is 0.115. The molecule has 0 saturated heterocycles. The number of fused-ring (bicyclic) bond motifs is 6. The fourth-order valence-corrected chi connectivity index (χ4v) is 4.07. The third-order valence-corrected chi connectivity index (χ3v) is 5.30. The first-order chi connectivity index (χ1) is 15.2. The lowest BCUT2D eigenvalue weighted by atomic mass is 9.77. The summed E-state index contributed by atoms with van der Waals surface area (Å²) in [7, 11) is 0. The van der Waals surface area contributed by atoms with E-state index in [-0.39, 0.29) is 13.2 Å². The third-order valence-electron chi connectivity index (χ3n) is 5.30. The monoisotopic (exact) mass is 408 g/mol. The Bertz CT molecular complexity index is 1220. The molecule has 1 spiro atoms. The minimum atomic E-state index is -1.15. The van der Waals surface area contributed by atoms with Crippen LogP contribution in [0.5, 0.6) is 23.0 Å². The molecule has 0 N–H and O–H groups in total. The summed E-state index contributed by atoms with van der Waals surface area (Å²) in [5.41, 5.74) is 1.51. The Hall–Kier alpha value is -4.35. The van der Waals surface area contributed by atoms with Crippen molar-refractivity contribution in [3.63, 3.8) is 0 Å². The number of rotatable bonds is 4. The van der Waals surface area contributed by atoms with Crippen molar-refractivity contribution in [2.24, 2.45) is 0 Å². The Kier molecular flexibility index (Phi) is 4.31. The van der Waals surface area contributed by atoms with Gasteiger partial charge in [0.1, 0.15) is 36.2 Å². The Balaban J connectivity index is 1.73. The molecule has 5 nitrogen and oxygen atoms in total. The Labute approximate surface area is 179 Å². The second-order valence-corrected chi connectivity index (χ2v) is 7.02. The van der Waals surface area contributed by atoms with Crippen molar-refractivity contribution in [1.29, 1.82) is 0 Å². The zero-order chi connectivity index (χ0) is 21.4. The van der Waals surface area contributed by atoms with E-state index in [4.69, 9.17) is 31.8 Å². The van der Waals surface area contributed by atoms with E-state index >= 15 is 0 Å². The molecule has 2 aliphatic heterocycles. The number of esters is 1. The molecular weight excluding hydrogens is 392 g/mol. The minimum absolute atomic E-state index is 0.127. The Morgan fingerprint density at radius 2 is 1.39 bits per heavy atom. The predicted molar refractivity (Wildman–Crippen MR) is 113 cm³/mol. The lowest BCUT2D eigenvalue weighted by molar-refractivity contribution is 0.0224. The van der Waals surface area contributed by atoms with Crippen LogP contribution in [0.2, 0.25) is 0 Å². The van der Waals surface area contributed by atoms with E-state index in [2.05, 4.69) is 11.8 Å². The maximum atomic E-state index is 12.8. The molecule has 0 atom stereocenters. The number of carbonyl (C=O) groups is 1. The van der Waals surface area contributed by atoms with Gasteiger partial charge in [-0.05, 0) is 30.3 Å².